The van der Waals surface area contributed by atoms with Gasteiger partial charge in [-0.2, -0.15) is 0 Å². The summed E-state index contributed by atoms with van der Waals surface area (Å²) in [4.78, 5) is 14.3. The first kappa shape index (κ1) is 14.8. The van der Waals surface area contributed by atoms with Crippen LogP contribution in [0.4, 0.5) is 0 Å². The van der Waals surface area contributed by atoms with Gasteiger partial charge >= 0.3 is 0 Å². The molecule has 20 heavy (non-hydrogen) atoms. The molecule has 0 bridgehead atoms. The highest BCUT2D eigenvalue weighted by Gasteiger charge is 2.29. The largest absolute Gasteiger partial charge is 0.508 e. The number of phenols is 1. The molecule has 1 heterocycles. The zero-order chi connectivity index (χ0) is 14.5. The van der Waals surface area contributed by atoms with Crippen molar-refractivity contribution >= 4 is 5.91 Å². The van der Waals surface area contributed by atoms with Crippen molar-refractivity contribution in [2.45, 2.75) is 31.8 Å². The van der Waals surface area contributed by atoms with Gasteiger partial charge in [-0.1, -0.05) is 19.1 Å². The van der Waals surface area contributed by atoms with E-state index < -0.39 is 6.04 Å². The SMILES string of the molecule is CCC1COCCN1C(=O)[C@H](N)Cc1ccc(O)cc1. The van der Waals surface area contributed by atoms with Crippen LogP contribution in [-0.2, 0) is 16.0 Å². The van der Waals surface area contributed by atoms with E-state index in [0.29, 0.717) is 26.2 Å². The van der Waals surface area contributed by atoms with Crippen molar-refractivity contribution in [3.05, 3.63) is 29.8 Å². The van der Waals surface area contributed by atoms with Crippen molar-refractivity contribution in [1.29, 1.82) is 0 Å². The Morgan fingerprint density at radius 2 is 2.20 bits per heavy atom. The van der Waals surface area contributed by atoms with Crippen molar-refractivity contribution in [3.8, 4) is 5.75 Å². The minimum absolute atomic E-state index is 0.0202. The molecule has 2 rings (SSSR count). The molecule has 5 nitrogen and oxygen atoms in total. The zero-order valence-corrected chi connectivity index (χ0v) is 11.8. The van der Waals surface area contributed by atoms with Crippen LogP contribution in [-0.4, -0.2) is 47.8 Å². The molecule has 3 N–H and O–H groups in total. The van der Waals surface area contributed by atoms with Crippen molar-refractivity contribution in [2.75, 3.05) is 19.8 Å². The summed E-state index contributed by atoms with van der Waals surface area (Å²) in [5, 5.41) is 9.25. The molecular weight excluding hydrogens is 256 g/mol. The number of carbonyl (C=O) groups excluding carboxylic acids is 1. The topological polar surface area (TPSA) is 75.8 Å². The molecule has 1 fully saturated rings. The number of carbonyl (C=O) groups is 1. The van der Waals surface area contributed by atoms with Gasteiger partial charge in [-0.05, 0) is 30.5 Å². The van der Waals surface area contributed by atoms with Gasteiger partial charge in [-0.15, -0.1) is 0 Å². The maximum atomic E-state index is 12.4. The molecule has 0 spiro atoms. The highest BCUT2D eigenvalue weighted by molar-refractivity contribution is 5.82. The number of phenolic OH excluding ortho intramolecular Hbond substituents is 1. The molecule has 1 aliphatic rings. The summed E-state index contributed by atoms with van der Waals surface area (Å²) in [5.41, 5.74) is 6.99. The Balaban J connectivity index is 1.98. The van der Waals surface area contributed by atoms with Crippen LogP contribution >= 0.6 is 0 Å². The number of rotatable bonds is 4. The smallest absolute Gasteiger partial charge is 0.240 e. The Hall–Kier alpha value is -1.59. The predicted molar refractivity (Wildman–Crippen MR) is 76.4 cm³/mol. The van der Waals surface area contributed by atoms with Crippen LogP contribution in [0.3, 0.4) is 0 Å². The molecule has 5 heteroatoms. The Bertz CT molecular complexity index is 447. The second-order valence-electron chi connectivity index (χ2n) is 5.15. The lowest BCUT2D eigenvalue weighted by molar-refractivity contribution is -0.141. The van der Waals surface area contributed by atoms with Gasteiger partial charge in [0, 0.05) is 6.54 Å². The summed E-state index contributed by atoms with van der Waals surface area (Å²) in [5.74, 6) is 0.195. The van der Waals surface area contributed by atoms with Crippen molar-refractivity contribution < 1.29 is 14.6 Å². The summed E-state index contributed by atoms with van der Waals surface area (Å²) in [6, 6.07) is 6.37. The maximum Gasteiger partial charge on any atom is 0.240 e. The van der Waals surface area contributed by atoms with Gasteiger partial charge in [0.15, 0.2) is 0 Å². The Kier molecular flexibility index (Phi) is 4.98. The summed E-state index contributed by atoms with van der Waals surface area (Å²) in [7, 11) is 0. The van der Waals surface area contributed by atoms with Crippen LogP contribution in [0.15, 0.2) is 24.3 Å². The molecule has 2 atom stereocenters. The van der Waals surface area contributed by atoms with E-state index in [1.54, 1.807) is 24.3 Å². The number of morpholine rings is 1. The summed E-state index contributed by atoms with van der Waals surface area (Å²) < 4.78 is 5.40. The van der Waals surface area contributed by atoms with Gasteiger partial charge in [-0.25, -0.2) is 0 Å². The third-order valence-electron chi connectivity index (χ3n) is 3.69. The summed E-state index contributed by atoms with van der Waals surface area (Å²) in [6.07, 6.45) is 1.35. The van der Waals surface area contributed by atoms with Crippen molar-refractivity contribution in [1.82, 2.24) is 4.90 Å². The average molecular weight is 278 g/mol. The standard InChI is InChI=1S/C15H22N2O3/c1-2-12-10-20-8-7-17(12)15(19)14(16)9-11-3-5-13(18)6-4-11/h3-6,12,14,18H,2,7-10,16H2,1H3/t12?,14-/m1/s1. The fourth-order valence-electron chi connectivity index (χ4n) is 2.47. The number of amides is 1. The molecule has 0 aliphatic carbocycles. The van der Waals surface area contributed by atoms with Gasteiger partial charge in [0.1, 0.15) is 5.75 Å². The van der Waals surface area contributed by atoms with Gasteiger partial charge in [-0.3, -0.25) is 4.79 Å². The maximum absolute atomic E-state index is 12.4. The van der Waals surface area contributed by atoms with Gasteiger partial charge in [0.25, 0.3) is 0 Å². The molecule has 1 aliphatic heterocycles. The van der Waals surface area contributed by atoms with Crippen LogP contribution in [0, 0.1) is 0 Å². The number of nitrogens with zero attached hydrogens (tertiary/aromatic N) is 1. The van der Waals surface area contributed by atoms with Gasteiger partial charge in [0.2, 0.25) is 5.91 Å². The van der Waals surface area contributed by atoms with Crippen LogP contribution in [0.5, 0.6) is 5.75 Å². The Labute approximate surface area is 119 Å². The number of benzene rings is 1. The summed E-state index contributed by atoms with van der Waals surface area (Å²) >= 11 is 0. The molecule has 0 radical (unpaired) electrons. The number of aromatic hydroxyl groups is 1. The minimum atomic E-state index is -0.549. The normalized spacial score (nSPS) is 20.7. The first-order valence-corrected chi connectivity index (χ1v) is 7.03. The van der Waals surface area contributed by atoms with Gasteiger partial charge in [0.05, 0.1) is 25.3 Å². The molecule has 1 aromatic carbocycles. The number of ether oxygens (including phenoxy) is 1. The predicted octanol–water partition coefficient (Wildman–Crippen LogP) is 0.899. The summed E-state index contributed by atoms with van der Waals surface area (Å²) in [6.45, 7) is 3.83. The van der Waals surface area contributed by atoms with E-state index in [0.717, 1.165) is 12.0 Å². The van der Waals surface area contributed by atoms with E-state index in [1.807, 2.05) is 11.8 Å². The molecular formula is C15H22N2O3. The molecule has 1 amide bonds. The Morgan fingerprint density at radius 1 is 1.50 bits per heavy atom. The fraction of sp³-hybridized carbons (Fsp3) is 0.533. The van der Waals surface area contributed by atoms with Crippen LogP contribution in [0.25, 0.3) is 0 Å². The van der Waals surface area contributed by atoms with E-state index in [1.165, 1.54) is 0 Å². The van der Waals surface area contributed by atoms with Crippen LogP contribution in [0.1, 0.15) is 18.9 Å². The van der Waals surface area contributed by atoms with E-state index in [9.17, 15) is 9.90 Å². The van der Waals surface area contributed by atoms with Crippen LogP contribution in [0.2, 0.25) is 0 Å². The number of hydrogen-bond donors (Lipinski definition) is 2. The second-order valence-corrected chi connectivity index (χ2v) is 5.15. The highest BCUT2D eigenvalue weighted by Crippen LogP contribution is 2.15. The second kappa shape index (κ2) is 6.72. The minimum Gasteiger partial charge on any atom is -0.508 e. The quantitative estimate of drug-likeness (QED) is 0.858. The van der Waals surface area contributed by atoms with Crippen molar-refractivity contribution in [3.63, 3.8) is 0 Å². The molecule has 1 aromatic rings. The van der Waals surface area contributed by atoms with E-state index in [-0.39, 0.29) is 17.7 Å². The van der Waals surface area contributed by atoms with Gasteiger partial charge < -0.3 is 20.5 Å². The number of hydrogen-bond acceptors (Lipinski definition) is 4. The molecule has 1 saturated heterocycles. The highest BCUT2D eigenvalue weighted by atomic mass is 16.5. The fourth-order valence-corrected chi connectivity index (χ4v) is 2.47. The zero-order valence-electron chi connectivity index (χ0n) is 11.8. The number of nitrogens with two attached hydrogens (primary N) is 1. The third kappa shape index (κ3) is 3.49. The van der Waals surface area contributed by atoms with E-state index >= 15 is 0 Å². The lowest BCUT2D eigenvalue weighted by Crippen LogP contribution is -2.54. The molecule has 110 valence electrons. The molecule has 1 unspecified atom stereocenters. The lowest BCUT2D eigenvalue weighted by Gasteiger charge is -2.36. The first-order chi connectivity index (χ1) is 9.61. The monoisotopic (exact) mass is 278 g/mol. The first-order valence-electron chi connectivity index (χ1n) is 7.03. The third-order valence-corrected chi connectivity index (χ3v) is 3.69. The van der Waals surface area contributed by atoms with Crippen molar-refractivity contribution in [2.24, 2.45) is 5.73 Å². The van der Waals surface area contributed by atoms with E-state index in [4.69, 9.17) is 10.5 Å². The Morgan fingerprint density at radius 3 is 2.85 bits per heavy atom. The van der Waals surface area contributed by atoms with Crippen LogP contribution < -0.4 is 5.73 Å². The average Bonchev–Trinajstić information content (AvgIpc) is 2.48. The molecule has 0 aromatic heterocycles. The molecule has 0 saturated carbocycles. The lowest BCUT2D eigenvalue weighted by atomic mass is 10.0. The van der Waals surface area contributed by atoms with E-state index in [2.05, 4.69) is 0 Å².